The molecule has 4 heterocycles. The molecule has 1 N–H and O–H groups in total. The van der Waals surface area contributed by atoms with E-state index < -0.39 is 18.1 Å². The number of ether oxygens (including phenoxy) is 1. The van der Waals surface area contributed by atoms with Crippen molar-refractivity contribution in [1.82, 2.24) is 35.0 Å². The molecule has 28 heavy (non-hydrogen) atoms. The van der Waals surface area contributed by atoms with Crippen molar-refractivity contribution in [3.8, 4) is 11.3 Å². The first-order valence-electron chi connectivity index (χ1n) is 9.07. The fraction of sp³-hybridized carbons (Fsp3) is 0.529. The van der Waals surface area contributed by atoms with E-state index in [9.17, 15) is 14.4 Å². The quantitative estimate of drug-likeness (QED) is 0.686. The van der Waals surface area contributed by atoms with Crippen molar-refractivity contribution < 1.29 is 19.1 Å². The van der Waals surface area contributed by atoms with Crippen LogP contribution >= 0.6 is 0 Å². The molecule has 3 atom stereocenters. The summed E-state index contributed by atoms with van der Waals surface area (Å²) < 4.78 is 8.73. The van der Waals surface area contributed by atoms with E-state index in [4.69, 9.17) is 4.74 Å². The molecular formula is C17H21N7O4. The molecule has 4 rings (SSSR count). The molecule has 0 radical (unpaired) electrons. The normalized spacial score (nSPS) is 24.4. The van der Waals surface area contributed by atoms with Crippen LogP contribution in [0.2, 0.25) is 0 Å². The molecule has 0 aromatic carbocycles. The summed E-state index contributed by atoms with van der Waals surface area (Å²) in [6, 6.07) is -0.881. The maximum Gasteiger partial charge on any atom is 0.303 e. The average Bonchev–Trinajstić information content (AvgIpc) is 3.39. The van der Waals surface area contributed by atoms with Crippen LogP contribution < -0.4 is 5.32 Å². The summed E-state index contributed by atoms with van der Waals surface area (Å²) in [7, 11) is 1.81. The van der Waals surface area contributed by atoms with Gasteiger partial charge in [0.2, 0.25) is 11.8 Å². The van der Waals surface area contributed by atoms with Crippen LogP contribution in [-0.2, 0) is 26.2 Å². The highest BCUT2D eigenvalue weighted by Gasteiger charge is 2.42. The number of amides is 2. The Labute approximate surface area is 160 Å². The predicted octanol–water partition coefficient (Wildman–Crippen LogP) is -0.728. The summed E-state index contributed by atoms with van der Waals surface area (Å²) >= 11 is 0. The van der Waals surface area contributed by atoms with Gasteiger partial charge in [-0.15, -0.1) is 5.10 Å². The molecule has 0 aliphatic carbocycles. The number of esters is 1. The fourth-order valence-electron chi connectivity index (χ4n) is 3.66. The first-order valence-corrected chi connectivity index (χ1v) is 9.07. The molecule has 0 saturated carbocycles. The van der Waals surface area contributed by atoms with Crippen LogP contribution in [0.5, 0.6) is 0 Å². The number of likely N-dealkylation sites (tertiary alicyclic amines) is 1. The number of hydrogen-bond donors (Lipinski definition) is 1. The molecule has 0 bridgehead atoms. The minimum atomic E-state index is -0.540. The highest BCUT2D eigenvalue weighted by atomic mass is 16.5. The van der Waals surface area contributed by atoms with Crippen molar-refractivity contribution in [3.05, 3.63) is 18.6 Å². The Kier molecular flexibility index (Phi) is 4.57. The third kappa shape index (κ3) is 3.47. The van der Waals surface area contributed by atoms with Crippen LogP contribution in [0.3, 0.4) is 0 Å². The summed E-state index contributed by atoms with van der Waals surface area (Å²) in [5.74, 6) is -0.716. The maximum atomic E-state index is 12.7. The minimum absolute atomic E-state index is 0.122. The molecular weight excluding hydrogens is 366 g/mol. The Morgan fingerprint density at radius 2 is 2.11 bits per heavy atom. The van der Waals surface area contributed by atoms with E-state index in [1.807, 2.05) is 13.2 Å². The Balaban J connectivity index is 1.54. The topological polar surface area (TPSA) is 124 Å². The number of aryl methyl sites for hydroxylation is 1. The van der Waals surface area contributed by atoms with Crippen molar-refractivity contribution in [3.63, 3.8) is 0 Å². The molecule has 2 aromatic rings. The van der Waals surface area contributed by atoms with Gasteiger partial charge in [-0.2, -0.15) is 5.10 Å². The third-order valence-electron chi connectivity index (χ3n) is 5.01. The van der Waals surface area contributed by atoms with Gasteiger partial charge in [0.05, 0.1) is 18.9 Å². The summed E-state index contributed by atoms with van der Waals surface area (Å²) in [6.07, 6.45) is 5.55. The molecule has 2 saturated heterocycles. The van der Waals surface area contributed by atoms with E-state index in [0.29, 0.717) is 25.1 Å². The van der Waals surface area contributed by atoms with E-state index >= 15 is 0 Å². The van der Waals surface area contributed by atoms with Gasteiger partial charge in [0.25, 0.3) is 0 Å². The molecule has 0 unspecified atom stereocenters. The average molecular weight is 387 g/mol. The Morgan fingerprint density at radius 1 is 1.29 bits per heavy atom. The van der Waals surface area contributed by atoms with E-state index in [0.717, 1.165) is 5.56 Å². The first-order chi connectivity index (χ1) is 13.4. The number of rotatable bonds is 4. The lowest BCUT2D eigenvalue weighted by Gasteiger charge is -2.19. The predicted molar refractivity (Wildman–Crippen MR) is 94.6 cm³/mol. The molecule has 2 fully saturated rings. The Morgan fingerprint density at radius 3 is 2.75 bits per heavy atom. The second-order valence-corrected chi connectivity index (χ2v) is 7.10. The number of carbonyl (C=O) groups excluding carboxylic acids is 3. The highest BCUT2D eigenvalue weighted by Crippen LogP contribution is 2.27. The van der Waals surface area contributed by atoms with Crippen LogP contribution in [-0.4, -0.2) is 72.7 Å². The smallest absolute Gasteiger partial charge is 0.303 e. The van der Waals surface area contributed by atoms with E-state index in [1.54, 1.807) is 26.7 Å². The molecule has 2 amide bonds. The SMILES string of the molecule is CC(=O)O[C@@H]1CN(C(=O)[C@@H]2CCC(=O)N2)C[C@@H]1n1cc(-c2cnn(C)c2)nn1. The van der Waals surface area contributed by atoms with Crippen molar-refractivity contribution in [2.24, 2.45) is 7.05 Å². The summed E-state index contributed by atoms with van der Waals surface area (Å²) in [5, 5.41) is 15.2. The molecule has 11 heteroatoms. The van der Waals surface area contributed by atoms with Gasteiger partial charge in [0.1, 0.15) is 23.9 Å². The molecule has 148 valence electrons. The largest absolute Gasteiger partial charge is 0.458 e. The van der Waals surface area contributed by atoms with Gasteiger partial charge in [-0.1, -0.05) is 5.21 Å². The number of hydrogen-bond acceptors (Lipinski definition) is 7. The van der Waals surface area contributed by atoms with Crippen LogP contribution in [0.15, 0.2) is 18.6 Å². The van der Waals surface area contributed by atoms with Crippen molar-refractivity contribution in [2.75, 3.05) is 13.1 Å². The van der Waals surface area contributed by atoms with Crippen molar-refractivity contribution in [2.45, 2.75) is 38.0 Å². The zero-order valence-corrected chi connectivity index (χ0v) is 15.6. The van der Waals surface area contributed by atoms with Crippen molar-refractivity contribution >= 4 is 17.8 Å². The lowest BCUT2D eigenvalue weighted by molar-refractivity contribution is -0.148. The van der Waals surface area contributed by atoms with Crippen LogP contribution in [0, 0.1) is 0 Å². The molecule has 2 aliphatic rings. The third-order valence-corrected chi connectivity index (χ3v) is 5.01. The van der Waals surface area contributed by atoms with Gasteiger partial charge in [0, 0.05) is 38.7 Å². The van der Waals surface area contributed by atoms with Gasteiger partial charge < -0.3 is 15.0 Å². The lowest BCUT2D eigenvalue weighted by Crippen LogP contribution is -2.44. The Hall–Kier alpha value is -3.24. The minimum Gasteiger partial charge on any atom is -0.458 e. The maximum absolute atomic E-state index is 12.7. The van der Waals surface area contributed by atoms with Crippen molar-refractivity contribution in [1.29, 1.82) is 0 Å². The lowest BCUT2D eigenvalue weighted by atomic mass is 10.2. The van der Waals surface area contributed by atoms with E-state index in [1.165, 1.54) is 6.92 Å². The number of nitrogens with one attached hydrogen (secondary N) is 1. The van der Waals surface area contributed by atoms with Gasteiger partial charge in [0.15, 0.2) is 0 Å². The fourth-order valence-corrected chi connectivity index (χ4v) is 3.66. The van der Waals surface area contributed by atoms with Gasteiger partial charge in [-0.05, 0) is 6.42 Å². The number of nitrogens with zero attached hydrogens (tertiary/aromatic N) is 6. The summed E-state index contributed by atoms with van der Waals surface area (Å²) in [6.45, 7) is 1.90. The molecule has 11 nitrogen and oxygen atoms in total. The van der Waals surface area contributed by atoms with Gasteiger partial charge in [-0.25, -0.2) is 4.68 Å². The molecule has 0 spiro atoms. The van der Waals surface area contributed by atoms with Gasteiger partial charge >= 0.3 is 5.97 Å². The van der Waals surface area contributed by atoms with E-state index in [-0.39, 0.29) is 24.4 Å². The standard InChI is InChI=1S/C17H21N7O4/c1-10(25)28-15-9-23(17(27)12-3-4-16(26)19-12)8-14(15)24-7-13(20-21-24)11-5-18-22(2)6-11/h5-7,12,14-15H,3-4,8-9H2,1-2H3,(H,19,26)/t12-,14-,15+/m0/s1. The zero-order valence-electron chi connectivity index (χ0n) is 15.6. The van der Waals surface area contributed by atoms with E-state index in [2.05, 4.69) is 20.7 Å². The van der Waals surface area contributed by atoms with Gasteiger partial charge in [-0.3, -0.25) is 19.1 Å². The Bertz CT molecular complexity index is 920. The summed E-state index contributed by atoms with van der Waals surface area (Å²) in [4.78, 5) is 37.3. The monoisotopic (exact) mass is 387 g/mol. The highest BCUT2D eigenvalue weighted by molar-refractivity contribution is 5.91. The second kappa shape index (κ2) is 7.06. The molecule has 2 aliphatic heterocycles. The second-order valence-electron chi connectivity index (χ2n) is 7.10. The molecule has 2 aromatic heterocycles. The first kappa shape index (κ1) is 18.1. The van der Waals surface area contributed by atoms with Crippen LogP contribution in [0.25, 0.3) is 11.3 Å². The van der Waals surface area contributed by atoms with Crippen LogP contribution in [0.4, 0.5) is 0 Å². The number of carbonyl (C=O) groups is 3. The van der Waals surface area contributed by atoms with Crippen LogP contribution in [0.1, 0.15) is 25.8 Å². The summed E-state index contributed by atoms with van der Waals surface area (Å²) in [5.41, 5.74) is 1.46. The number of aromatic nitrogens is 5. The zero-order chi connectivity index (χ0) is 19.8.